The molecule has 0 unspecified atom stereocenters. The van der Waals surface area contributed by atoms with Gasteiger partial charge in [-0.2, -0.15) is 0 Å². The molecule has 3 aromatic rings. The Morgan fingerprint density at radius 3 is 2.59 bits per heavy atom. The van der Waals surface area contributed by atoms with Gasteiger partial charge in [0.15, 0.2) is 29.6 Å². The van der Waals surface area contributed by atoms with Crippen molar-refractivity contribution in [2.45, 2.75) is 31.5 Å². The average Bonchev–Trinajstić information content (AvgIpc) is 3.40. The fourth-order valence-electron chi connectivity index (χ4n) is 4.85. The number of fused-ring (bicyclic) bond motifs is 7. The van der Waals surface area contributed by atoms with Crippen LogP contribution in [0.1, 0.15) is 27.9 Å². The monoisotopic (exact) mass is 560 g/mol. The number of aromatic nitrogens is 1. The highest BCUT2D eigenvalue weighted by molar-refractivity contribution is 5.95. The largest absolute Gasteiger partial charge is 0.493 e. The molecule has 11 nitrogen and oxygen atoms in total. The lowest BCUT2D eigenvalue weighted by Gasteiger charge is -2.22. The zero-order chi connectivity index (χ0) is 28.8. The molecule has 6 rings (SSSR count). The summed E-state index contributed by atoms with van der Waals surface area (Å²) < 4.78 is 23.0. The zero-order valence-electron chi connectivity index (χ0n) is 22.9. The number of nitrogens with one attached hydrogen (secondary N) is 2. The summed E-state index contributed by atoms with van der Waals surface area (Å²) in [5.74, 6) is 0.843. The van der Waals surface area contributed by atoms with Gasteiger partial charge in [-0.15, -0.1) is 0 Å². The van der Waals surface area contributed by atoms with Crippen LogP contribution in [0.2, 0.25) is 0 Å². The quantitative estimate of drug-likeness (QED) is 0.486. The molecule has 11 heteroatoms. The van der Waals surface area contributed by atoms with E-state index in [4.69, 9.17) is 18.9 Å². The van der Waals surface area contributed by atoms with E-state index in [0.717, 1.165) is 11.1 Å². The highest BCUT2D eigenvalue weighted by Crippen LogP contribution is 2.32. The van der Waals surface area contributed by atoms with Gasteiger partial charge < -0.3 is 34.5 Å². The first-order chi connectivity index (χ1) is 19.9. The molecule has 2 N–H and O–H groups in total. The Hall–Kier alpha value is -4.80. The summed E-state index contributed by atoms with van der Waals surface area (Å²) in [6.45, 7) is 0.560. The molecule has 4 bridgehead atoms. The average molecular weight is 561 g/mol. The molecule has 1 saturated heterocycles. The van der Waals surface area contributed by atoms with Gasteiger partial charge >= 0.3 is 0 Å². The molecule has 1 fully saturated rings. The van der Waals surface area contributed by atoms with Gasteiger partial charge in [0.05, 0.1) is 26.8 Å². The van der Waals surface area contributed by atoms with Crippen LogP contribution in [0.15, 0.2) is 60.9 Å². The second-order valence-corrected chi connectivity index (χ2v) is 9.81. The minimum absolute atomic E-state index is 0.0347. The first kappa shape index (κ1) is 27.8. The van der Waals surface area contributed by atoms with Gasteiger partial charge in [0, 0.05) is 37.5 Å². The maximum absolute atomic E-state index is 13.4. The van der Waals surface area contributed by atoms with Crippen LogP contribution in [0.3, 0.4) is 0 Å². The van der Waals surface area contributed by atoms with Gasteiger partial charge in [0.1, 0.15) is 6.10 Å². The third-order valence-corrected chi connectivity index (χ3v) is 7.09. The molecule has 3 aliphatic rings. The van der Waals surface area contributed by atoms with Crippen molar-refractivity contribution < 1.29 is 33.3 Å². The van der Waals surface area contributed by atoms with Crippen molar-refractivity contribution in [1.82, 2.24) is 20.5 Å². The van der Waals surface area contributed by atoms with Crippen LogP contribution in [0.5, 0.6) is 23.0 Å². The summed E-state index contributed by atoms with van der Waals surface area (Å²) >= 11 is 0. The van der Waals surface area contributed by atoms with Gasteiger partial charge in [-0.1, -0.05) is 6.07 Å². The van der Waals surface area contributed by atoms with Gasteiger partial charge in [-0.3, -0.25) is 19.4 Å². The van der Waals surface area contributed by atoms with Crippen LogP contribution in [0, 0.1) is 0 Å². The molecule has 4 heterocycles. The number of amides is 3. The van der Waals surface area contributed by atoms with E-state index < -0.39 is 12.1 Å². The Bertz CT molecular complexity index is 1420. The fraction of sp³-hybridized carbons (Fsp3) is 0.333. The van der Waals surface area contributed by atoms with Crippen molar-refractivity contribution in [3.8, 4) is 23.0 Å². The third-order valence-electron chi connectivity index (χ3n) is 7.09. The van der Waals surface area contributed by atoms with Crippen molar-refractivity contribution in [1.29, 1.82) is 0 Å². The standard InChI is InChI=1S/C30H32N4O7/c1-38-23-7-5-21-14-26(23)40-18-28(35)32-15-20-3-6-24(25(13-20)39-2)41-27-17-34(16-22(27)33-30(21)37)29(36)8-4-19-9-11-31-12-10-19/h3,5-7,9-14,22,27H,4,8,15-18H2,1-2H3,(H,32,35)(H,33,37)/t22-,27-/m0/s1. The highest BCUT2D eigenvalue weighted by atomic mass is 16.5. The van der Waals surface area contributed by atoms with Crippen LogP contribution in [-0.2, 0) is 22.6 Å². The van der Waals surface area contributed by atoms with Crippen molar-refractivity contribution in [3.05, 3.63) is 77.6 Å². The van der Waals surface area contributed by atoms with E-state index in [2.05, 4.69) is 15.6 Å². The predicted molar refractivity (Wildman–Crippen MR) is 148 cm³/mol. The number of nitrogens with zero attached hydrogens (tertiary/aromatic N) is 2. The molecular weight excluding hydrogens is 528 g/mol. The summed E-state index contributed by atoms with van der Waals surface area (Å²) in [6, 6.07) is 13.4. The fourth-order valence-corrected chi connectivity index (χ4v) is 4.85. The van der Waals surface area contributed by atoms with Crippen molar-refractivity contribution in [3.63, 3.8) is 0 Å². The number of carbonyl (C=O) groups is 3. The second kappa shape index (κ2) is 12.6. The molecule has 0 spiro atoms. The molecule has 3 aliphatic heterocycles. The molecule has 1 aromatic heterocycles. The summed E-state index contributed by atoms with van der Waals surface area (Å²) in [5.41, 5.74) is 2.14. The molecule has 0 aliphatic carbocycles. The smallest absolute Gasteiger partial charge is 0.258 e. The van der Waals surface area contributed by atoms with Gasteiger partial charge in [-0.05, 0) is 60.0 Å². The Morgan fingerprint density at radius 2 is 1.80 bits per heavy atom. The van der Waals surface area contributed by atoms with Gasteiger partial charge in [-0.25, -0.2) is 0 Å². The lowest BCUT2D eigenvalue weighted by molar-refractivity contribution is -0.130. The summed E-state index contributed by atoms with van der Waals surface area (Å²) in [6.07, 6.45) is 3.78. The molecule has 2 aromatic carbocycles. The number of rotatable bonds is 5. The van der Waals surface area contributed by atoms with Crippen LogP contribution in [-0.4, -0.2) is 73.7 Å². The van der Waals surface area contributed by atoms with Crippen LogP contribution < -0.4 is 29.6 Å². The van der Waals surface area contributed by atoms with Crippen molar-refractivity contribution in [2.24, 2.45) is 0 Å². The van der Waals surface area contributed by atoms with Crippen molar-refractivity contribution in [2.75, 3.05) is 33.9 Å². The normalized spacial score (nSPS) is 18.7. The van der Waals surface area contributed by atoms with Crippen LogP contribution in [0.25, 0.3) is 0 Å². The van der Waals surface area contributed by atoms with E-state index in [0.29, 0.717) is 35.7 Å². The molecular formula is C30H32N4O7. The Balaban J connectivity index is 1.42. The Labute approximate surface area is 237 Å². The lowest BCUT2D eigenvalue weighted by Crippen LogP contribution is -2.45. The molecule has 214 valence electrons. The molecule has 41 heavy (non-hydrogen) atoms. The first-order valence-electron chi connectivity index (χ1n) is 13.3. The van der Waals surface area contributed by atoms with E-state index in [9.17, 15) is 14.4 Å². The Kier molecular flexibility index (Phi) is 8.52. The zero-order valence-corrected chi connectivity index (χ0v) is 22.9. The number of likely N-dealkylation sites (tertiary alicyclic amines) is 1. The molecule has 0 radical (unpaired) electrons. The number of ether oxygens (including phenoxy) is 4. The van der Waals surface area contributed by atoms with E-state index in [-0.39, 0.29) is 49.7 Å². The van der Waals surface area contributed by atoms with E-state index in [1.165, 1.54) is 20.3 Å². The van der Waals surface area contributed by atoms with E-state index in [1.54, 1.807) is 41.6 Å². The third kappa shape index (κ3) is 6.68. The minimum Gasteiger partial charge on any atom is -0.493 e. The van der Waals surface area contributed by atoms with Gasteiger partial charge in [0.25, 0.3) is 11.8 Å². The topological polar surface area (TPSA) is 128 Å². The number of pyridine rings is 1. The summed E-state index contributed by atoms with van der Waals surface area (Å²) in [7, 11) is 3.01. The van der Waals surface area contributed by atoms with Crippen molar-refractivity contribution >= 4 is 17.7 Å². The number of hydrogen-bond donors (Lipinski definition) is 2. The Morgan fingerprint density at radius 1 is 1.00 bits per heavy atom. The number of hydrogen-bond acceptors (Lipinski definition) is 8. The maximum atomic E-state index is 13.4. The van der Waals surface area contributed by atoms with Crippen LogP contribution in [0.4, 0.5) is 0 Å². The minimum atomic E-state index is -0.534. The van der Waals surface area contributed by atoms with E-state index in [1.807, 2.05) is 18.2 Å². The SMILES string of the molecule is COc1ccc2cc1OCC(=O)NCc1ccc(c(OC)c1)O[C@H]1CN(C(=O)CCc3ccncc3)C[C@@H]1NC2=O. The van der Waals surface area contributed by atoms with Gasteiger partial charge in [0.2, 0.25) is 5.91 Å². The number of benzene rings is 2. The summed E-state index contributed by atoms with van der Waals surface area (Å²) in [4.78, 5) is 44.8. The van der Waals surface area contributed by atoms with Crippen LogP contribution >= 0.6 is 0 Å². The summed E-state index contributed by atoms with van der Waals surface area (Å²) in [5, 5.41) is 5.84. The number of carbonyl (C=O) groups excluding carboxylic acids is 3. The number of methoxy groups -OCH3 is 2. The predicted octanol–water partition coefficient (Wildman–Crippen LogP) is 2.13. The first-order valence-corrected chi connectivity index (χ1v) is 13.3. The maximum Gasteiger partial charge on any atom is 0.258 e. The molecule has 0 saturated carbocycles. The highest BCUT2D eigenvalue weighted by Gasteiger charge is 2.38. The molecule has 2 atom stereocenters. The second-order valence-electron chi connectivity index (χ2n) is 9.81. The lowest BCUT2D eigenvalue weighted by atomic mass is 10.1. The van der Waals surface area contributed by atoms with E-state index >= 15 is 0 Å². The number of aryl methyl sites for hydroxylation is 1. The molecule has 3 amide bonds.